The van der Waals surface area contributed by atoms with Crippen molar-refractivity contribution in [3.63, 3.8) is 0 Å². The van der Waals surface area contributed by atoms with E-state index < -0.39 is 0 Å². The molecule has 0 bridgehead atoms. The fourth-order valence-electron chi connectivity index (χ4n) is 2.80. The summed E-state index contributed by atoms with van der Waals surface area (Å²) in [5.41, 5.74) is 6.59. The molecule has 0 radical (unpaired) electrons. The lowest BCUT2D eigenvalue weighted by Crippen LogP contribution is -2.45. The molecule has 1 aromatic rings. The Morgan fingerprint density at radius 2 is 2.16 bits per heavy atom. The zero-order chi connectivity index (χ0) is 14.0. The number of thiophene rings is 1. The first kappa shape index (κ1) is 15.5. The lowest BCUT2D eigenvalue weighted by atomic mass is 9.83. The summed E-state index contributed by atoms with van der Waals surface area (Å²) in [7, 11) is 1.90. The summed E-state index contributed by atoms with van der Waals surface area (Å²) in [6, 6.07) is 2.16. The van der Waals surface area contributed by atoms with Gasteiger partial charge in [0.25, 0.3) is 5.91 Å². The van der Waals surface area contributed by atoms with Crippen LogP contribution in [0, 0.1) is 5.92 Å². The molecule has 0 aliphatic heterocycles. The van der Waals surface area contributed by atoms with Crippen LogP contribution in [0.1, 0.15) is 36.0 Å². The first-order valence-corrected chi connectivity index (χ1v) is 8.87. The van der Waals surface area contributed by atoms with Crippen LogP contribution in [-0.4, -0.2) is 30.4 Å². The average Bonchev–Trinajstić information content (AvgIpc) is 2.76. The summed E-state index contributed by atoms with van der Waals surface area (Å²) in [5, 5.41) is 0. The third-order valence-corrected chi connectivity index (χ3v) is 6.22. The van der Waals surface area contributed by atoms with Gasteiger partial charge in [0.05, 0.1) is 13.1 Å². The third kappa shape index (κ3) is 3.40. The lowest BCUT2D eigenvalue weighted by molar-refractivity contribution is 0.0620. The van der Waals surface area contributed by atoms with Gasteiger partial charge in [0.1, 0.15) is 0 Å². The summed E-state index contributed by atoms with van der Waals surface area (Å²) in [5.74, 6) is 0.516. The molecule has 0 spiro atoms. The monoisotopic (exact) mass is 408 g/mol. The van der Waals surface area contributed by atoms with Gasteiger partial charge >= 0.3 is 0 Å². The van der Waals surface area contributed by atoms with Crippen LogP contribution in [0.5, 0.6) is 0 Å². The molecule has 1 heterocycles. The predicted octanol–water partition coefficient (Wildman–Crippen LogP) is 3.86. The molecule has 1 amide bonds. The van der Waals surface area contributed by atoms with E-state index in [9.17, 15) is 4.79 Å². The Balaban J connectivity index is 2.16. The molecule has 3 nitrogen and oxygen atoms in total. The van der Waals surface area contributed by atoms with Gasteiger partial charge in [0, 0.05) is 13.1 Å². The van der Waals surface area contributed by atoms with Gasteiger partial charge in [-0.15, -0.1) is 11.3 Å². The standard InChI is InChI=1S/C13H18Br2N2OS/c1-17(10-5-3-2-4-8(10)7-16)13(18)9-6-11(14)19-12(9)15/h6,8,10H,2-5,7,16H2,1H3. The zero-order valence-corrected chi connectivity index (χ0v) is 14.9. The SMILES string of the molecule is CN(C(=O)c1cc(Br)sc1Br)C1CCCCC1CN. The molecule has 2 N–H and O–H groups in total. The molecule has 1 aromatic heterocycles. The van der Waals surface area contributed by atoms with Gasteiger partial charge in [-0.1, -0.05) is 12.8 Å². The summed E-state index contributed by atoms with van der Waals surface area (Å²) in [4.78, 5) is 14.5. The van der Waals surface area contributed by atoms with Crippen molar-refractivity contribution in [1.29, 1.82) is 0 Å². The molecule has 1 saturated carbocycles. The van der Waals surface area contributed by atoms with Crippen LogP contribution in [0.4, 0.5) is 0 Å². The molecule has 1 aliphatic rings. The molecule has 1 aliphatic carbocycles. The molecule has 0 aromatic carbocycles. The van der Waals surface area contributed by atoms with Crippen molar-refractivity contribution >= 4 is 49.1 Å². The van der Waals surface area contributed by atoms with Gasteiger partial charge in [0.15, 0.2) is 0 Å². The zero-order valence-electron chi connectivity index (χ0n) is 10.9. The van der Waals surface area contributed by atoms with E-state index >= 15 is 0 Å². The minimum atomic E-state index is 0.0826. The van der Waals surface area contributed by atoms with Crippen molar-refractivity contribution in [2.45, 2.75) is 31.7 Å². The number of carbonyl (C=O) groups excluding carboxylic acids is 1. The van der Waals surface area contributed by atoms with Crippen LogP contribution in [0.3, 0.4) is 0 Å². The number of hydrogen-bond donors (Lipinski definition) is 1. The van der Waals surface area contributed by atoms with Crippen molar-refractivity contribution in [3.05, 3.63) is 19.2 Å². The summed E-state index contributed by atoms with van der Waals surface area (Å²) in [6.45, 7) is 0.663. The van der Waals surface area contributed by atoms with E-state index in [1.54, 1.807) is 0 Å². The van der Waals surface area contributed by atoms with Crippen LogP contribution in [0.15, 0.2) is 13.6 Å². The number of rotatable bonds is 3. The number of halogens is 2. The Labute approximate surface area is 134 Å². The second-order valence-electron chi connectivity index (χ2n) is 5.00. The maximum atomic E-state index is 12.6. The van der Waals surface area contributed by atoms with Crippen molar-refractivity contribution in [2.75, 3.05) is 13.6 Å². The van der Waals surface area contributed by atoms with Crippen LogP contribution in [0.25, 0.3) is 0 Å². The van der Waals surface area contributed by atoms with Crippen molar-refractivity contribution in [3.8, 4) is 0 Å². The van der Waals surface area contributed by atoms with E-state index in [0.29, 0.717) is 12.5 Å². The second kappa shape index (κ2) is 6.70. The fraction of sp³-hybridized carbons (Fsp3) is 0.615. The second-order valence-corrected chi connectivity index (χ2v) is 8.75. The molecular formula is C13H18Br2N2OS. The highest BCUT2D eigenvalue weighted by atomic mass is 79.9. The van der Waals surface area contributed by atoms with Crippen LogP contribution in [0.2, 0.25) is 0 Å². The van der Waals surface area contributed by atoms with Gasteiger partial charge in [-0.3, -0.25) is 4.79 Å². The Bertz CT molecular complexity index is 463. The fourth-order valence-corrected chi connectivity index (χ4v) is 5.58. The summed E-state index contributed by atoms with van der Waals surface area (Å²) < 4.78 is 1.85. The summed E-state index contributed by atoms with van der Waals surface area (Å²) >= 11 is 8.41. The Morgan fingerprint density at radius 3 is 2.74 bits per heavy atom. The van der Waals surface area contributed by atoms with E-state index in [2.05, 4.69) is 31.9 Å². The number of carbonyl (C=O) groups is 1. The Kier molecular flexibility index (Phi) is 5.45. The highest BCUT2D eigenvalue weighted by Gasteiger charge is 2.31. The average molecular weight is 410 g/mol. The van der Waals surface area contributed by atoms with E-state index in [0.717, 1.165) is 26.0 Å². The minimum Gasteiger partial charge on any atom is -0.338 e. The largest absolute Gasteiger partial charge is 0.338 e. The molecule has 0 saturated heterocycles. The van der Waals surface area contributed by atoms with Crippen LogP contribution in [-0.2, 0) is 0 Å². The normalized spacial score (nSPS) is 23.4. The number of amides is 1. The molecule has 2 atom stereocenters. The maximum absolute atomic E-state index is 12.6. The molecule has 2 rings (SSSR count). The van der Waals surface area contributed by atoms with Crippen LogP contribution >= 0.6 is 43.2 Å². The lowest BCUT2D eigenvalue weighted by Gasteiger charge is -2.37. The smallest absolute Gasteiger partial charge is 0.255 e. The topological polar surface area (TPSA) is 46.3 Å². The van der Waals surface area contributed by atoms with Crippen molar-refractivity contribution < 1.29 is 4.79 Å². The molecule has 1 fully saturated rings. The molecular weight excluding hydrogens is 392 g/mol. The van der Waals surface area contributed by atoms with Gasteiger partial charge in [-0.25, -0.2) is 0 Å². The van der Waals surface area contributed by atoms with Gasteiger partial charge in [-0.05, 0) is 63.2 Å². The molecule has 19 heavy (non-hydrogen) atoms. The van der Waals surface area contributed by atoms with Gasteiger partial charge in [0.2, 0.25) is 0 Å². The van der Waals surface area contributed by atoms with Gasteiger partial charge in [-0.2, -0.15) is 0 Å². The molecule has 2 unspecified atom stereocenters. The van der Waals surface area contributed by atoms with Crippen LogP contribution < -0.4 is 5.73 Å². The maximum Gasteiger partial charge on any atom is 0.255 e. The number of nitrogens with zero attached hydrogens (tertiary/aromatic N) is 1. The number of hydrogen-bond acceptors (Lipinski definition) is 3. The van der Waals surface area contributed by atoms with Crippen molar-refractivity contribution in [1.82, 2.24) is 4.90 Å². The van der Waals surface area contributed by atoms with Crippen molar-refractivity contribution in [2.24, 2.45) is 11.7 Å². The minimum absolute atomic E-state index is 0.0826. The highest BCUT2D eigenvalue weighted by molar-refractivity contribution is 9.12. The van der Waals surface area contributed by atoms with E-state index in [1.165, 1.54) is 24.2 Å². The Morgan fingerprint density at radius 1 is 1.47 bits per heavy atom. The first-order chi connectivity index (χ1) is 9.04. The third-order valence-electron chi connectivity index (χ3n) is 3.88. The van der Waals surface area contributed by atoms with E-state index in [4.69, 9.17) is 5.73 Å². The first-order valence-electron chi connectivity index (χ1n) is 6.46. The van der Waals surface area contributed by atoms with E-state index in [1.807, 2.05) is 18.0 Å². The Hall–Kier alpha value is 0.0900. The summed E-state index contributed by atoms with van der Waals surface area (Å²) in [6.07, 6.45) is 4.61. The number of nitrogens with two attached hydrogens (primary N) is 1. The molecule has 6 heteroatoms. The predicted molar refractivity (Wildman–Crippen MR) is 86.6 cm³/mol. The molecule has 106 valence electrons. The van der Waals surface area contributed by atoms with Gasteiger partial charge < -0.3 is 10.6 Å². The quantitative estimate of drug-likeness (QED) is 0.823. The highest BCUT2D eigenvalue weighted by Crippen LogP contribution is 2.34. The van der Waals surface area contributed by atoms with E-state index in [-0.39, 0.29) is 11.9 Å².